The highest BCUT2D eigenvalue weighted by molar-refractivity contribution is 5.93. The topological polar surface area (TPSA) is 87.9 Å². The summed E-state index contributed by atoms with van der Waals surface area (Å²) >= 11 is 0. The van der Waals surface area contributed by atoms with Gasteiger partial charge in [-0.15, -0.1) is 0 Å². The second-order valence-electron chi connectivity index (χ2n) is 9.74. The van der Waals surface area contributed by atoms with Crippen molar-refractivity contribution in [3.05, 3.63) is 65.5 Å². The zero-order valence-electron chi connectivity index (χ0n) is 23.1. The molecule has 1 aliphatic heterocycles. The molecular formula is C30H34N4O5. The number of carbonyl (C=O) groups is 1. The van der Waals surface area contributed by atoms with Crippen molar-refractivity contribution in [2.24, 2.45) is 7.05 Å². The molecule has 0 saturated carbocycles. The maximum absolute atomic E-state index is 13.9. The van der Waals surface area contributed by atoms with Crippen LogP contribution in [-0.4, -0.2) is 66.2 Å². The molecule has 39 heavy (non-hydrogen) atoms. The van der Waals surface area contributed by atoms with Crippen LogP contribution >= 0.6 is 0 Å². The zero-order valence-corrected chi connectivity index (χ0v) is 23.1. The standard InChI is InChI=1S/C30H34N4O5/c1-19-12-26(33(2)32-19)30(35)34(18-24-10-7-11-39-24)17-22-13-21-15-27(37-4)28(38-5)16-25(21)31-29(22)20-8-6-9-23(14-20)36-3/h6,8-9,12-16,24H,7,10-11,17-18H2,1-5H3/t24-/m1/s1. The third-order valence-corrected chi connectivity index (χ3v) is 7.06. The minimum Gasteiger partial charge on any atom is -0.497 e. The van der Waals surface area contributed by atoms with E-state index in [9.17, 15) is 4.79 Å². The smallest absolute Gasteiger partial charge is 0.272 e. The molecule has 3 heterocycles. The number of benzene rings is 2. The van der Waals surface area contributed by atoms with E-state index in [2.05, 4.69) is 11.2 Å². The molecule has 9 heteroatoms. The van der Waals surface area contributed by atoms with Crippen molar-refractivity contribution in [3.8, 4) is 28.5 Å². The average Bonchev–Trinajstić information content (AvgIpc) is 3.59. The lowest BCUT2D eigenvalue weighted by atomic mass is 10.0. The Bertz CT molecular complexity index is 1490. The second kappa shape index (κ2) is 11.3. The van der Waals surface area contributed by atoms with Crippen LogP contribution in [0.5, 0.6) is 17.2 Å². The van der Waals surface area contributed by atoms with Crippen molar-refractivity contribution >= 4 is 16.8 Å². The molecule has 0 bridgehead atoms. The highest BCUT2D eigenvalue weighted by Gasteiger charge is 2.27. The molecule has 2 aromatic carbocycles. The van der Waals surface area contributed by atoms with Crippen LogP contribution in [-0.2, 0) is 18.3 Å². The molecule has 1 saturated heterocycles. The molecule has 1 amide bonds. The van der Waals surface area contributed by atoms with E-state index >= 15 is 0 Å². The molecule has 2 aromatic heterocycles. The van der Waals surface area contributed by atoms with E-state index in [1.807, 2.05) is 54.3 Å². The summed E-state index contributed by atoms with van der Waals surface area (Å²) in [7, 11) is 6.66. The van der Waals surface area contributed by atoms with Gasteiger partial charge in [0, 0.05) is 43.8 Å². The van der Waals surface area contributed by atoms with E-state index in [4.69, 9.17) is 23.9 Å². The summed E-state index contributed by atoms with van der Waals surface area (Å²) in [4.78, 5) is 20.8. The van der Waals surface area contributed by atoms with Crippen molar-refractivity contribution in [2.75, 3.05) is 34.5 Å². The Morgan fingerprint density at radius 1 is 1.08 bits per heavy atom. The summed E-state index contributed by atoms with van der Waals surface area (Å²) in [5.41, 5.74) is 4.64. The monoisotopic (exact) mass is 530 g/mol. The maximum Gasteiger partial charge on any atom is 0.272 e. The van der Waals surface area contributed by atoms with Crippen LogP contribution in [0.2, 0.25) is 0 Å². The average molecular weight is 531 g/mol. The summed E-state index contributed by atoms with van der Waals surface area (Å²) in [5.74, 6) is 1.84. The van der Waals surface area contributed by atoms with Gasteiger partial charge in [0.1, 0.15) is 11.4 Å². The van der Waals surface area contributed by atoms with Gasteiger partial charge in [0.25, 0.3) is 5.91 Å². The summed E-state index contributed by atoms with van der Waals surface area (Å²) in [6.07, 6.45) is 1.90. The van der Waals surface area contributed by atoms with Crippen LogP contribution in [0, 0.1) is 6.92 Å². The molecule has 5 rings (SSSR count). The van der Waals surface area contributed by atoms with E-state index in [0.29, 0.717) is 36.9 Å². The quantitative estimate of drug-likeness (QED) is 0.307. The fraction of sp³-hybridized carbons (Fsp3) is 0.367. The van der Waals surface area contributed by atoms with Gasteiger partial charge in [-0.1, -0.05) is 12.1 Å². The molecule has 1 aliphatic rings. The molecule has 0 N–H and O–H groups in total. The van der Waals surface area contributed by atoms with Gasteiger partial charge in [0.15, 0.2) is 11.5 Å². The number of hydrogen-bond acceptors (Lipinski definition) is 7. The Kier molecular flexibility index (Phi) is 7.70. The first-order valence-corrected chi connectivity index (χ1v) is 13.0. The Balaban J connectivity index is 1.64. The lowest BCUT2D eigenvalue weighted by molar-refractivity contribution is 0.0499. The van der Waals surface area contributed by atoms with Gasteiger partial charge in [0.2, 0.25) is 0 Å². The van der Waals surface area contributed by atoms with Gasteiger partial charge in [-0.3, -0.25) is 9.48 Å². The van der Waals surface area contributed by atoms with Gasteiger partial charge in [0.05, 0.1) is 44.3 Å². The van der Waals surface area contributed by atoms with Crippen LogP contribution in [0.4, 0.5) is 0 Å². The SMILES string of the molecule is COc1cccc(-c2nc3cc(OC)c(OC)cc3cc2CN(C[C@H]2CCCO2)C(=O)c2cc(C)nn2C)c1. The highest BCUT2D eigenvalue weighted by atomic mass is 16.5. The first kappa shape index (κ1) is 26.5. The van der Waals surface area contributed by atoms with Crippen molar-refractivity contribution in [2.45, 2.75) is 32.4 Å². The van der Waals surface area contributed by atoms with Crippen molar-refractivity contribution in [1.82, 2.24) is 19.7 Å². The number of hydrogen-bond donors (Lipinski definition) is 0. The summed E-state index contributed by atoms with van der Waals surface area (Å²) in [5, 5.41) is 5.28. The van der Waals surface area contributed by atoms with Crippen molar-refractivity contribution < 1.29 is 23.7 Å². The number of carbonyl (C=O) groups excluding carboxylic acids is 1. The van der Waals surface area contributed by atoms with Gasteiger partial charge in [-0.25, -0.2) is 4.98 Å². The van der Waals surface area contributed by atoms with Crippen LogP contribution in [0.3, 0.4) is 0 Å². The summed E-state index contributed by atoms with van der Waals surface area (Å²) < 4.78 is 24.1. The highest BCUT2D eigenvalue weighted by Crippen LogP contribution is 2.35. The van der Waals surface area contributed by atoms with E-state index in [1.54, 1.807) is 33.1 Å². The largest absolute Gasteiger partial charge is 0.497 e. The van der Waals surface area contributed by atoms with Gasteiger partial charge >= 0.3 is 0 Å². The molecule has 204 valence electrons. The summed E-state index contributed by atoms with van der Waals surface area (Å²) in [6.45, 7) is 3.42. The number of pyridine rings is 1. The predicted molar refractivity (Wildman–Crippen MR) is 148 cm³/mol. The van der Waals surface area contributed by atoms with Crippen LogP contribution in [0.15, 0.2) is 48.5 Å². The number of aryl methyl sites for hydroxylation is 2. The minimum absolute atomic E-state index is 0.0127. The van der Waals surface area contributed by atoms with E-state index in [-0.39, 0.29) is 12.0 Å². The molecule has 1 fully saturated rings. The van der Waals surface area contributed by atoms with Gasteiger partial charge in [-0.2, -0.15) is 5.10 Å². The van der Waals surface area contributed by atoms with E-state index in [1.165, 1.54) is 0 Å². The molecule has 0 unspecified atom stereocenters. The zero-order chi connectivity index (χ0) is 27.5. The lowest BCUT2D eigenvalue weighted by Crippen LogP contribution is -2.38. The van der Waals surface area contributed by atoms with Crippen LogP contribution in [0.25, 0.3) is 22.2 Å². The normalized spacial score (nSPS) is 14.9. The van der Waals surface area contributed by atoms with E-state index in [0.717, 1.165) is 52.0 Å². The number of amides is 1. The molecule has 0 radical (unpaired) electrons. The number of fused-ring (bicyclic) bond motifs is 1. The summed E-state index contributed by atoms with van der Waals surface area (Å²) in [6, 6.07) is 15.5. The number of aromatic nitrogens is 3. The minimum atomic E-state index is -0.0994. The third-order valence-electron chi connectivity index (χ3n) is 7.06. The molecule has 9 nitrogen and oxygen atoms in total. The Hall–Kier alpha value is -4.11. The number of methoxy groups -OCH3 is 3. The van der Waals surface area contributed by atoms with E-state index < -0.39 is 0 Å². The van der Waals surface area contributed by atoms with Gasteiger partial charge < -0.3 is 23.8 Å². The molecule has 0 spiro atoms. The van der Waals surface area contributed by atoms with Crippen molar-refractivity contribution in [1.29, 1.82) is 0 Å². The first-order chi connectivity index (χ1) is 18.9. The van der Waals surface area contributed by atoms with Crippen LogP contribution in [0.1, 0.15) is 34.6 Å². The molecule has 0 aliphatic carbocycles. The fourth-order valence-electron chi connectivity index (χ4n) is 5.12. The Labute approximate surface area is 228 Å². The predicted octanol–water partition coefficient (Wildman–Crippen LogP) is 4.79. The van der Waals surface area contributed by atoms with Crippen LogP contribution < -0.4 is 14.2 Å². The Morgan fingerprint density at radius 3 is 2.54 bits per heavy atom. The number of rotatable bonds is 9. The molecular weight excluding hydrogens is 496 g/mol. The third kappa shape index (κ3) is 5.54. The second-order valence-corrected chi connectivity index (χ2v) is 9.74. The Morgan fingerprint density at radius 2 is 1.87 bits per heavy atom. The maximum atomic E-state index is 13.9. The lowest BCUT2D eigenvalue weighted by Gasteiger charge is -2.27. The fourth-order valence-corrected chi connectivity index (χ4v) is 5.12. The number of nitrogens with zero attached hydrogens (tertiary/aromatic N) is 4. The first-order valence-electron chi connectivity index (χ1n) is 13.0. The molecule has 4 aromatic rings. The number of ether oxygens (including phenoxy) is 4. The molecule has 1 atom stereocenters. The van der Waals surface area contributed by atoms with Gasteiger partial charge in [-0.05, 0) is 55.7 Å². The van der Waals surface area contributed by atoms with Crippen molar-refractivity contribution in [3.63, 3.8) is 0 Å².